The van der Waals surface area contributed by atoms with Crippen molar-refractivity contribution in [2.24, 2.45) is 11.7 Å². The number of alkyl halides is 3. The van der Waals surface area contributed by atoms with Gasteiger partial charge in [-0.25, -0.2) is 9.97 Å². The molecule has 7 nitrogen and oxygen atoms in total. The van der Waals surface area contributed by atoms with Crippen LogP contribution in [-0.2, 0) is 6.18 Å². The van der Waals surface area contributed by atoms with Crippen molar-refractivity contribution < 1.29 is 13.2 Å². The SMILES string of the molecule is CCC(C)(C)Nc1ncc2nc(Nc3ccc(C(F)(F)F)cc3)n(C3CCC(CN)CC3)c2n1. The molecule has 0 radical (unpaired) electrons. The fraction of sp³-hybridized carbons (Fsp3) is 0.542. The molecule has 0 saturated heterocycles. The fourth-order valence-electron chi connectivity index (χ4n) is 4.29. The van der Waals surface area contributed by atoms with E-state index in [-0.39, 0.29) is 11.6 Å². The van der Waals surface area contributed by atoms with E-state index in [2.05, 4.69) is 41.0 Å². The van der Waals surface area contributed by atoms with E-state index in [0.717, 1.165) is 44.2 Å². The fourth-order valence-corrected chi connectivity index (χ4v) is 4.29. The Morgan fingerprint density at radius 3 is 2.32 bits per heavy atom. The van der Waals surface area contributed by atoms with Crippen molar-refractivity contribution in [2.45, 2.75) is 70.6 Å². The molecule has 1 aliphatic carbocycles. The number of imidazole rings is 1. The summed E-state index contributed by atoms with van der Waals surface area (Å²) < 4.78 is 41.0. The van der Waals surface area contributed by atoms with Gasteiger partial charge in [-0.3, -0.25) is 4.57 Å². The zero-order valence-electron chi connectivity index (χ0n) is 19.8. The number of hydrogen-bond donors (Lipinski definition) is 3. The summed E-state index contributed by atoms with van der Waals surface area (Å²) in [7, 11) is 0. The molecule has 4 rings (SSSR count). The molecule has 1 aliphatic rings. The van der Waals surface area contributed by atoms with E-state index < -0.39 is 11.7 Å². The number of nitrogens with zero attached hydrogens (tertiary/aromatic N) is 4. The average Bonchev–Trinajstić information content (AvgIpc) is 3.15. The molecule has 0 aliphatic heterocycles. The second-order valence-electron chi connectivity index (χ2n) is 9.68. The zero-order valence-corrected chi connectivity index (χ0v) is 19.8. The molecule has 3 aromatic rings. The summed E-state index contributed by atoms with van der Waals surface area (Å²) in [5.74, 6) is 1.58. The highest BCUT2D eigenvalue weighted by Crippen LogP contribution is 2.37. The van der Waals surface area contributed by atoms with Crippen LogP contribution in [0.1, 0.15) is 64.5 Å². The lowest BCUT2D eigenvalue weighted by Crippen LogP contribution is -2.30. The highest BCUT2D eigenvalue weighted by atomic mass is 19.4. The van der Waals surface area contributed by atoms with Crippen LogP contribution in [0.3, 0.4) is 0 Å². The minimum absolute atomic E-state index is 0.159. The summed E-state index contributed by atoms with van der Waals surface area (Å²) in [5.41, 5.74) is 6.89. The predicted octanol–water partition coefficient (Wildman–Crippen LogP) is 5.88. The Balaban J connectivity index is 1.71. The van der Waals surface area contributed by atoms with Gasteiger partial charge in [-0.15, -0.1) is 0 Å². The average molecular weight is 476 g/mol. The van der Waals surface area contributed by atoms with Crippen molar-refractivity contribution in [1.29, 1.82) is 0 Å². The van der Waals surface area contributed by atoms with Gasteiger partial charge in [0.25, 0.3) is 0 Å². The van der Waals surface area contributed by atoms with Crippen molar-refractivity contribution in [3.05, 3.63) is 36.0 Å². The number of nitrogens with two attached hydrogens (primary N) is 1. The first-order chi connectivity index (χ1) is 16.1. The molecule has 10 heteroatoms. The second kappa shape index (κ2) is 9.40. The van der Waals surface area contributed by atoms with Crippen LogP contribution in [0.15, 0.2) is 30.5 Å². The molecule has 2 heterocycles. The quantitative estimate of drug-likeness (QED) is 0.395. The van der Waals surface area contributed by atoms with Crippen LogP contribution < -0.4 is 16.4 Å². The van der Waals surface area contributed by atoms with Gasteiger partial charge < -0.3 is 16.4 Å². The van der Waals surface area contributed by atoms with Gasteiger partial charge in [0.1, 0.15) is 5.52 Å². The van der Waals surface area contributed by atoms with Gasteiger partial charge in [-0.1, -0.05) is 6.92 Å². The van der Waals surface area contributed by atoms with Crippen LogP contribution in [0.4, 0.5) is 30.8 Å². The molecule has 0 bridgehead atoms. The molecule has 0 unspecified atom stereocenters. The summed E-state index contributed by atoms with van der Waals surface area (Å²) in [5, 5.41) is 6.59. The first-order valence-electron chi connectivity index (χ1n) is 11.8. The molecule has 0 spiro atoms. The standard InChI is InChI=1S/C24H32F3N7/c1-4-23(2,3)33-21-29-14-19-20(32-21)34(18-11-5-15(13-28)6-12-18)22(31-19)30-17-9-7-16(8-10-17)24(25,26)27/h7-10,14-15,18H,4-6,11-13,28H2,1-3H3,(H,30,31)(H,29,32,33). The number of aromatic nitrogens is 4. The van der Waals surface area contributed by atoms with Crippen LogP contribution in [0, 0.1) is 5.92 Å². The summed E-state index contributed by atoms with van der Waals surface area (Å²) in [4.78, 5) is 13.9. The highest BCUT2D eigenvalue weighted by molar-refractivity contribution is 5.76. The Kier molecular flexibility index (Phi) is 6.71. The van der Waals surface area contributed by atoms with Gasteiger partial charge in [0.15, 0.2) is 5.65 Å². The first kappa shape index (κ1) is 24.3. The molecule has 0 amide bonds. The predicted molar refractivity (Wildman–Crippen MR) is 128 cm³/mol. The Hall–Kier alpha value is -2.88. The Bertz CT molecular complexity index is 1110. The van der Waals surface area contributed by atoms with Crippen LogP contribution >= 0.6 is 0 Å². The normalized spacial score (nSPS) is 19.4. The van der Waals surface area contributed by atoms with Gasteiger partial charge in [0.05, 0.1) is 11.8 Å². The Labute approximate surface area is 197 Å². The van der Waals surface area contributed by atoms with Gasteiger partial charge in [-0.05, 0) is 82.7 Å². The van der Waals surface area contributed by atoms with Crippen molar-refractivity contribution in [1.82, 2.24) is 19.5 Å². The zero-order chi connectivity index (χ0) is 24.5. The lowest BCUT2D eigenvalue weighted by atomic mass is 9.86. The molecule has 1 fully saturated rings. The van der Waals surface area contributed by atoms with Crippen molar-refractivity contribution >= 4 is 28.7 Å². The van der Waals surface area contributed by atoms with Crippen LogP contribution in [-0.4, -0.2) is 31.6 Å². The summed E-state index contributed by atoms with van der Waals surface area (Å²) in [6.45, 7) is 6.95. The molecule has 34 heavy (non-hydrogen) atoms. The number of nitrogens with one attached hydrogen (secondary N) is 2. The minimum atomic E-state index is -4.38. The summed E-state index contributed by atoms with van der Waals surface area (Å²) in [6.07, 6.45) is 2.11. The van der Waals surface area contributed by atoms with E-state index in [0.29, 0.717) is 41.2 Å². The largest absolute Gasteiger partial charge is 0.416 e. The van der Waals surface area contributed by atoms with Crippen LogP contribution in [0.25, 0.3) is 11.2 Å². The van der Waals surface area contributed by atoms with Crippen molar-refractivity contribution in [3.63, 3.8) is 0 Å². The maximum Gasteiger partial charge on any atom is 0.416 e. The van der Waals surface area contributed by atoms with Crippen molar-refractivity contribution in [2.75, 3.05) is 17.2 Å². The van der Waals surface area contributed by atoms with E-state index in [1.807, 2.05) is 0 Å². The first-order valence-corrected chi connectivity index (χ1v) is 11.8. The third kappa shape index (κ3) is 5.27. The maximum atomic E-state index is 13.0. The van der Waals surface area contributed by atoms with E-state index in [1.54, 1.807) is 6.20 Å². The van der Waals surface area contributed by atoms with E-state index in [9.17, 15) is 13.2 Å². The molecule has 2 aromatic heterocycles. The van der Waals surface area contributed by atoms with Crippen molar-refractivity contribution in [3.8, 4) is 0 Å². The highest BCUT2D eigenvalue weighted by Gasteiger charge is 2.30. The number of benzene rings is 1. The topological polar surface area (TPSA) is 93.7 Å². The monoisotopic (exact) mass is 475 g/mol. The second-order valence-corrected chi connectivity index (χ2v) is 9.68. The summed E-state index contributed by atoms with van der Waals surface area (Å²) in [6, 6.07) is 5.12. The van der Waals surface area contributed by atoms with Gasteiger partial charge in [0, 0.05) is 17.3 Å². The van der Waals surface area contributed by atoms with E-state index in [1.165, 1.54) is 12.1 Å². The minimum Gasteiger partial charge on any atom is -0.349 e. The number of anilines is 3. The van der Waals surface area contributed by atoms with Crippen LogP contribution in [0.5, 0.6) is 0 Å². The molecule has 4 N–H and O–H groups in total. The van der Waals surface area contributed by atoms with E-state index >= 15 is 0 Å². The number of halogens is 3. The molecule has 1 saturated carbocycles. The molecular weight excluding hydrogens is 443 g/mol. The maximum absolute atomic E-state index is 13.0. The third-order valence-corrected chi connectivity index (χ3v) is 6.75. The third-order valence-electron chi connectivity index (χ3n) is 6.75. The molecule has 184 valence electrons. The summed E-state index contributed by atoms with van der Waals surface area (Å²) >= 11 is 0. The lowest BCUT2D eigenvalue weighted by Gasteiger charge is -2.30. The van der Waals surface area contributed by atoms with E-state index in [4.69, 9.17) is 15.7 Å². The van der Waals surface area contributed by atoms with Gasteiger partial charge in [0.2, 0.25) is 11.9 Å². The molecule has 1 aromatic carbocycles. The Morgan fingerprint density at radius 1 is 1.06 bits per heavy atom. The Morgan fingerprint density at radius 2 is 1.74 bits per heavy atom. The number of rotatable bonds is 7. The number of fused-ring (bicyclic) bond motifs is 1. The number of hydrogen-bond acceptors (Lipinski definition) is 6. The molecular formula is C24H32F3N7. The smallest absolute Gasteiger partial charge is 0.349 e. The van der Waals surface area contributed by atoms with Gasteiger partial charge >= 0.3 is 6.18 Å². The van der Waals surface area contributed by atoms with Gasteiger partial charge in [-0.2, -0.15) is 18.2 Å². The lowest BCUT2D eigenvalue weighted by molar-refractivity contribution is -0.137. The van der Waals surface area contributed by atoms with Crippen LogP contribution in [0.2, 0.25) is 0 Å². The molecule has 0 atom stereocenters.